The van der Waals surface area contributed by atoms with Crippen LogP contribution in [0.25, 0.3) is 0 Å². The molecule has 0 atom stereocenters. The Morgan fingerprint density at radius 3 is 2.10 bits per heavy atom. The van der Waals surface area contributed by atoms with Crippen LogP contribution in [0.2, 0.25) is 0 Å². The molecule has 0 aliphatic carbocycles. The second kappa shape index (κ2) is 2.38. The lowest BCUT2D eigenvalue weighted by molar-refractivity contribution is -0.159. The summed E-state index contributed by atoms with van der Waals surface area (Å²) in [5, 5.41) is 0. The van der Waals surface area contributed by atoms with Crippen molar-refractivity contribution >= 4 is 0 Å². The summed E-state index contributed by atoms with van der Waals surface area (Å²) >= 11 is 0. The van der Waals surface area contributed by atoms with Crippen LogP contribution in [0.3, 0.4) is 0 Å². The van der Waals surface area contributed by atoms with Gasteiger partial charge in [-0.1, -0.05) is 0 Å². The van der Waals surface area contributed by atoms with Crippen molar-refractivity contribution in [2.24, 2.45) is 0 Å². The standard InChI is InChI=1S/C5H7F4N/c6-4-1-10(2-4)3-5(7,8)9/h4H,1-3H2. The summed E-state index contributed by atoms with van der Waals surface area (Å²) in [5.74, 6) is 0. The summed E-state index contributed by atoms with van der Waals surface area (Å²) in [5.41, 5.74) is 0. The summed E-state index contributed by atoms with van der Waals surface area (Å²) in [7, 11) is 0. The fourth-order valence-corrected chi connectivity index (χ4v) is 0.889. The van der Waals surface area contributed by atoms with Gasteiger partial charge in [-0.2, -0.15) is 13.2 Å². The van der Waals surface area contributed by atoms with Gasteiger partial charge in [-0.15, -0.1) is 0 Å². The van der Waals surface area contributed by atoms with Crippen molar-refractivity contribution in [2.45, 2.75) is 12.3 Å². The van der Waals surface area contributed by atoms with Crippen molar-refractivity contribution in [3.8, 4) is 0 Å². The quantitative estimate of drug-likeness (QED) is 0.517. The van der Waals surface area contributed by atoms with E-state index in [2.05, 4.69) is 0 Å². The largest absolute Gasteiger partial charge is 0.401 e. The maximum absolute atomic E-state index is 11.9. The lowest BCUT2D eigenvalue weighted by atomic mass is 10.2. The van der Waals surface area contributed by atoms with E-state index in [4.69, 9.17) is 0 Å². The molecule has 0 saturated carbocycles. The first-order chi connectivity index (χ1) is 4.47. The van der Waals surface area contributed by atoms with Crippen LogP contribution in [0.4, 0.5) is 17.6 Å². The number of nitrogens with zero attached hydrogens (tertiary/aromatic N) is 1. The molecule has 0 amide bonds. The molecule has 0 bridgehead atoms. The lowest BCUT2D eigenvalue weighted by Crippen LogP contribution is -2.51. The van der Waals surface area contributed by atoms with E-state index in [9.17, 15) is 17.6 Å². The molecule has 1 fully saturated rings. The Bertz CT molecular complexity index is 115. The Balaban J connectivity index is 2.16. The highest BCUT2D eigenvalue weighted by Gasteiger charge is 2.36. The van der Waals surface area contributed by atoms with E-state index in [0.717, 1.165) is 4.90 Å². The molecule has 0 N–H and O–H groups in total. The van der Waals surface area contributed by atoms with Gasteiger partial charge < -0.3 is 0 Å². The van der Waals surface area contributed by atoms with Gasteiger partial charge in [0.05, 0.1) is 6.54 Å². The summed E-state index contributed by atoms with van der Waals surface area (Å²) in [6.45, 7) is -1.12. The zero-order valence-corrected chi connectivity index (χ0v) is 5.16. The van der Waals surface area contributed by atoms with E-state index in [1.165, 1.54) is 0 Å². The van der Waals surface area contributed by atoms with Crippen LogP contribution >= 0.6 is 0 Å². The van der Waals surface area contributed by atoms with Crippen molar-refractivity contribution in [3.05, 3.63) is 0 Å². The normalized spacial score (nSPS) is 22.8. The van der Waals surface area contributed by atoms with Crippen molar-refractivity contribution in [3.63, 3.8) is 0 Å². The molecule has 1 nitrogen and oxygen atoms in total. The van der Waals surface area contributed by atoms with Crippen LogP contribution < -0.4 is 0 Å². The van der Waals surface area contributed by atoms with Crippen molar-refractivity contribution in [1.29, 1.82) is 0 Å². The predicted molar refractivity (Wildman–Crippen MR) is 27.4 cm³/mol. The number of halogens is 4. The fraction of sp³-hybridized carbons (Fsp3) is 1.00. The maximum atomic E-state index is 11.9. The van der Waals surface area contributed by atoms with E-state index in [1.54, 1.807) is 0 Å². The lowest BCUT2D eigenvalue weighted by Gasteiger charge is -2.34. The number of rotatable bonds is 1. The van der Waals surface area contributed by atoms with Gasteiger partial charge in [0, 0.05) is 13.1 Å². The minimum Gasteiger partial charge on any atom is -0.289 e. The molecule has 1 rings (SSSR count). The average molecular weight is 157 g/mol. The second-order valence-corrected chi connectivity index (χ2v) is 2.41. The van der Waals surface area contributed by atoms with Crippen LogP contribution in [0.15, 0.2) is 0 Å². The molecular formula is C5H7F4N. The van der Waals surface area contributed by atoms with Gasteiger partial charge in [0.1, 0.15) is 6.17 Å². The minimum absolute atomic E-state index is 0.0699. The van der Waals surface area contributed by atoms with E-state index >= 15 is 0 Å². The van der Waals surface area contributed by atoms with Crippen LogP contribution in [-0.4, -0.2) is 36.9 Å². The molecule has 1 saturated heterocycles. The minimum atomic E-state index is -4.18. The van der Waals surface area contributed by atoms with E-state index in [1.807, 2.05) is 0 Å². The van der Waals surface area contributed by atoms with E-state index in [-0.39, 0.29) is 13.1 Å². The molecule has 1 heterocycles. The number of likely N-dealkylation sites (tertiary alicyclic amines) is 1. The second-order valence-electron chi connectivity index (χ2n) is 2.41. The molecule has 1 aliphatic rings. The zero-order valence-electron chi connectivity index (χ0n) is 5.16. The van der Waals surface area contributed by atoms with Gasteiger partial charge in [-0.25, -0.2) is 4.39 Å². The molecule has 60 valence electrons. The highest BCUT2D eigenvalue weighted by Crippen LogP contribution is 2.20. The molecule has 0 aromatic rings. The zero-order chi connectivity index (χ0) is 7.78. The summed E-state index contributed by atoms with van der Waals surface area (Å²) in [6, 6.07) is 0. The Morgan fingerprint density at radius 1 is 1.30 bits per heavy atom. The molecule has 0 aromatic heterocycles. The van der Waals surface area contributed by atoms with Gasteiger partial charge in [0.2, 0.25) is 0 Å². The number of hydrogen-bond acceptors (Lipinski definition) is 1. The smallest absolute Gasteiger partial charge is 0.289 e. The number of hydrogen-bond donors (Lipinski definition) is 0. The summed E-state index contributed by atoms with van der Waals surface area (Å²) in [4.78, 5) is 1.03. The Hall–Kier alpha value is -0.320. The maximum Gasteiger partial charge on any atom is 0.401 e. The van der Waals surface area contributed by atoms with E-state index in [0.29, 0.717) is 0 Å². The van der Waals surface area contributed by atoms with Crippen molar-refractivity contribution < 1.29 is 17.6 Å². The number of alkyl halides is 4. The topological polar surface area (TPSA) is 3.24 Å². The summed E-state index contributed by atoms with van der Waals surface area (Å²) in [6.07, 6.45) is -5.23. The fourth-order valence-electron chi connectivity index (χ4n) is 0.889. The Morgan fingerprint density at radius 2 is 1.80 bits per heavy atom. The van der Waals surface area contributed by atoms with Gasteiger partial charge in [0.25, 0.3) is 0 Å². The third kappa shape index (κ3) is 2.13. The Labute approximate surface area is 55.6 Å². The highest BCUT2D eigenvalue weighted by molar-refractivity contribution is 4.80. The Kier molecular flexibility index (Phi) is 1.85. The van der Waals surface area contributed by atoms with Crippen LogP contribution in [0.5, 0.6) is 0 Å². The first-order valence-electron chi connectivity index (χ1n) is 2.90. The van der Waals surface area contributed by atoms with Crippen LogP contribution in [-0.2, 0) is 0 Å². The van der Waals surface area contributed by atoms with Gasteiger partial charge in [0.15, 0.2) is 0 Å². The van der Waals surface area contributed by atoms with Gasteiger partial charge >= 0.3 is 6.18 Å². The molecule has 5 heteroatoms. The van der Waals surface area contributed by atoms with Crippen molar-refractivity contribution in [1.82, 2.24) is 4.90 Å². The predicted octanol–water partition coefficient (Wildman–Crippen LogP) is 1.20. The van der Waals surface area contributed by atoms with Gasteiger partial charge in [-0.3, -0.25) is 4.90 Å². The molecular weight excluding hydrogens is 150 g/mol. The van der Waals surface area contributed by atoms with Crippen LogP contribution in [0, 0.1) is 0 Å². The van der Waals surface area contributed by atoms with Crippen LogP contribution in [0.1, 0.15) is 0 Å². The molecule has 0 radical (unpaired) electrons. The molecule has 0 aromatic carbocycles. The van der Waals surface area contributed by atoms with E-state index < -0.39 is 18.9 Å². The monoisotopic (exact) mass is 157 g/mol. The third-order valence-electron chi connectivity index (χ3n) is 1.32. The molecule has 1 aliphatic heterocycles. The summed E-state index contributed by atoms with van der Waals surface area (Å²) < 4.78 is 46.4. The average Bonchev–Trinajstić information content (AvgIpc) is 1.57. The SMILES string of the molecule is FC1CN(CC(F)(F)F)C1. The molecule has 0 unspecified atom stereocenters. The highest BCUT2D eigenvalue weighted by atomic mass is 19.4. The molecule has 10 heavy (non-hydrogen) atoms. The first-order valence-corrected chi connectivity index (χ1v) is 2.90. The third-order valence-corrected chi connectivity index (χ3v) is 1.32. The first kappa shape index (κ1) is 7.78. The van der Waals surface area contributed by atoms with Gasteiger partial charge in [-0.05, 0) is 0 Å². The molecule has 0 spiro atoms. The van der Waals surface area contributed by atoms with Crippen molar-refractivity contribution in [2.75, 3.05) is 19.6 Å².